The van der Waals surface area contributed by atoms with E-state index < -0.39 is 23.8 Å². The first-order valence-electron chi connectivity index (χ1n) is 10.2. The summed E-state index contributed by atoms with van der Waals surface area (Å²) in [6.45, 7) is 0.275. The molecule has 5 heteroatoms. The minimum absolute atomic E-state index is 0.275. The first-order chi connectivity index (χ1) is 12.9. The highest BCUT2D eigenvalue weighted by Gasteiger charge is 2.51. The van der Waals surface area contributed by atoms with Gasteiger partial charge in [-0.05, 0) is 67.3 Å². The van der Waals surface area contributed by atoms with Crippen molar-refractivity contribution in [1.82, 2.24) is 10.8 Å². The zero-order valence-electron chi connectivity index (χ0n) is 16.3. The number of nitrogens with one attached hydrogen (secondary N) is 2. The lowest BCUT2D eigenvalue weighted by Gasteiger charge is -2.56. The maximum atomic E-state index is 12.6. The molecule has 5 rings (SSSR count). The summed E-state index contributed by atoms with van der Waals surface area (Å²) in [5.74, 6) is 0.761. The number of amides is 2. The highest BCUT2D eigenvalue weighted by Crippen LogP contribution is 2.61. The third-order valence-electron chi connectivity index (χ3n) is 5.93. The summed E-state index contributed by atoms with van der Waals surface area (Å²) in [5.41, 5.74) is 2.35. The summed E-state index contributed by atoms with van der Waals surface area (Å²) < 4.78 is 17.1. The SMILES string of the molecule is [2H]C([2H])(C(=O)NOC(=O)NCc1ccccc1)C12CC3CC(CC(C3)C1)C2. The van der Waals surface area contributed by atoms with Crippen LogP contribution in [-0.4, -0.2) is 12.0 Å². The molecule has 2 amide bonds. The molecule has 134 valence electrons. The minimum Gasteiger partial charge on any atom is -0.322 e. The molecule has 25 heavy (non-hydrogen) atoms. The molecule has 1 aromatic carbocycles. The molecule has 4 bridgehead atoms. The van der Waals surface area contributed by atoms with Gasteiger partial charge >= 0.3 is 6.09 Å². The van der Waals surface area contributed by atoms with Crippen LogP contribution in [0, 0.1) is 23.2 Å². The molecule has 0 heterocycles. The topological polar surface area (TPSA) is 67.4 Å². The Labute approximate surface area is 151 Å². The van der Waals surface area contributed by atoms with Gasteiger partial charge in [-0.3, -0.25) is 4.79 Å². The maximum Gasteiger partial charge on any atom is 0.431 e. The molecule has 5 nitrogen and oxygen atoms in total. The van der Waals surface area contributed by atoms with Crippen molar-refractivity contribution < 1.29 is 17.2 Å². The van der Waals surface area contributed by atoms with Crippen LogP contribution >= 0.6 is 0 Å². The molecule has 0 spiro atoms. The summed E-state index contributed by atoms with van der Waals surface area (Å²) in [4.78, 5) is 29.2. The maximum absolute atomic E-state index is 12.6. The number of hydroxylamine groups is 1. The highest BCUT2D eigenvalue weighted by molar-refractivity contribution is 5.78. The molecule has 0 aliphatic heterocycles. The fraction of sp³-hybridized carbons (Fsp3) is 0.600. The van der Waals surface area contributed by atoms with E-state index in [-0.39, 0.29) is 6.54 Å². The second-order valence-corrected chi connectivity index (χ2v) is 7.98. The van der Waals surface area contributed by atoms with Crippen LogP contribution in [0.1, 0.15) is 53.2 Å². The average molecular weight is 344 g/mol. The predicted octanol–water partition coefficient (Wildman–Crippen LogP) is 3.55. The summed E-state index contributed by atoms with van der Waals surface area (Å²) in [7, 11) is 0. The normalized spacial score (nSPS) is 34.0. The van der Waals surface area contributed by atoms with E-state index in [4.69, 9.17) is 7.58 Å². The van der Waals surface area contributed by atoms with Crippen molar-refractivity contribution in [2.75, 3.05) is 0 Å². The standard InChI is InChI=1S/C20H26N2O3/c23-18(22-25-19(24)21-13-14-4-2-1-3-5-14)12-20-9-15-6-16(10-20)8-17(7-15)11-20/h1-5,15-17H,6-13H2,(H,21,24)(H,22,23)/i12D2. The van der Waals surface area contributed by atoms with Crippen LogP contribution in [0.4, 0.5) is 4.79 Å². The van der Waals surface area contributed by atoms with Gasteiger partial charge in [-0.15, -0.1) is 0 Å². The molecule has 0 saturated heterocycles. The molecule has 0 atom stereocenters. The van der Waals surface area contributed by atoms with Crippen molar-refractivity contribution in [3.8, 4) is 0 Å². The van der Waals surface area contributed by atoms with Gasteiger partial charge < -0.3 is 10.2 Å². The lowest BCUT2D eigenvalue weighted by Crippen LogP contribution is -2.48. The van der Waals surface area contributed by atoms with Crippen LogP contribution in [0.5, 0.6) is 0 Å². The van der Waals surface area contributed by atoms with E-state index in [2.05, 4.69) is 10.8 Å². The number of carbonyl (C=O) groups excluding carboxylic acids is 2. The molecule has 0 unspecified atom stereocenters. The Kier molecular flexibility index (Phi) is 3.79. The van der Waals surface area contributed by atoms with Crippen LogP contribution in [0.3, 0.4) is 0 Å². The lowest BCUT2D eigenvalue weighted by molar-refractivity contribution is -0.137. The molecule has 1 aromatic rings. The first kappa shape index (κ1) is 14.2. The molecule has 4 aliphatic carbocycles. The van der Waals surface area contributed by atoms with E-state index in [1.54, 1.807) is 0 Å². The number of benzene rings is 1. The van der Waals surface area contributed by atoms with Gasteiger partial charge in [0.25, 0.3) is 5.91 Å². The van der Waals surface area contributed by atoms with Crippen molar-refractivity contribution in [2.24, 2.45) is 23.2 Å². The fourth-order valence-electron chi connectivity index (χ4n) is 5.43. The van der Waals surface area contributed by atoms with E-state index in [9.17, 15) is 9.59 Å². The number of hydrogen-bond acceptors (Lipinski definition) is 3. The Morgan fingerprint density at radius 1 is 1.08 bits per heavy atom. The van der Waals surface area contributed by atoms with Crippen molar-refractivity contribution in [1.29, 1.82) is 0 Å². The Morgan fingerprint density at radius 3 is 2.28 bits per heavy atom. The minimum atomic E-state index is -2.04. The predicted molar refractivity (Wildman–Crippen MR) is 93.1 cm³/mol. The number of rotatable bonds is 4. The van der Waals surface area contributed by atoms with E-state index in [1.165, 1.54) is 19.3 Å². The lowest BCUT2D eigenvalue weighted by atomic mass is 9.49. The Balaban J connectivity index is 1.33. The third-order valence-corrected chi connectivity index (χ3v) is 5.93. The van der Waals surface area contributed by atoms with Crippen molar-refractivity contribution in [3.05, 3.63) is 35.9 Å². The largest absolute Gasteiger partial charge is 0.431 e. The van der Waals surface area contributed by atoms with Gasteiger partial charge in [-0.1, -0.05) is 30.3 Å². The Morgan fingerprint density at radius 2 is 1.68 bits per heavy atom. The molecule has 4 saturated carbocycles. The van der Waals surface area contributed by atoms with E-state index in [0.29, 0.717) is 17.8 Å². The average Bonchev–Trinajstić information content (AvgIpc) is 2.64. The van der Waals surface area contributed by atoms with E-state index >= 15 is 0 Å². The highest BCUT2D eigenvalue weighted by atomic mass is 16.7. The van der Waals surface area contributed by atoms with E-state index in [0.717, 1.165) is 24.8 Å². The van der Waals surface area contributed by atoms with Crippen molar-refractivity contribution in [2.45, 2.75) is 51.4 Å². The third kappa shape index (κ3) is 3.80. The fourth-order valence-corrected chi connectivity index (χ4v) is 5.43. The molecular formula is C20H26N2O3. The Bertz CT molecular complexity index is 688. The second-order valence-electron chi connectivity index (χ2n) is 7.98. The summed E-state index contributed by atoms with van der Waals surface area (Å²) in [5, 5.41) is 2.54. The van der Waals surface area contributed by atoms with Gasteiger partial charge in [0, 0.05) is 15.7 Å². The van der Waals surface area contributed by atoms with Crippen LogP contribution in [0.15, 0.2) is 30.3 Å². The molecular weight excluding hydrogens is 316 g/mol. The number of carbonyl (C=O) groups is 2. The van der Waals surface area contributed by atoms with Crippen LogP contribution < -0.4 is 10.8 Å². The van der Waals surface area contributed by atoms with Gasteiger partial charge in [0.05, 0.1) is 0 Å². The monoisotopic (exact) mass is 344 g/mol. The molecule has 4 aliphatic rings. The van der Waals surface area contributed by atoms with E-state index in [1.807, 2.05) is 30.3 Å². The Hall–Kier alpha value is -2.04. The van der Waals surface area contributed by atoms with Crippen molar-refractivity contribution >= 4 is 12.0 Å². The van der Waals surface area contributed by atoms with Gasteiger partial charge in [-0.2, -0.15) is 5.48 Å². The van der Waals surface area contributed by atoms with Crippen LogP contribution in [0.2, 0.25) is 0 Å². The molecule has 2 N–H and O–H groups in total. The van der Waals surface area contributed by atoms with Gasteiger partial charge in [0.15, 0.2) is 0 Å². The zero-order valence-corrected chi connectivity index (χ0v) is 14.3. The molecule has 0 aromatic heterocycles. The zero-order chi connectivity index (χ0) is 19.1. The summed E-state index contributed by atoms with van der Waals surface area (Å²) >= 11 is 0. The van der Waals surface area contributed by atoms with Gasteiger partial charge in [0.2, 0.25) is 0 Å². The smallest absolute Gasteiger partial charge is 0.322 e. The quantitative estimate of drug-likeness (QED) is 0.821. The summed E-state index contributed by atoms with van der Waals surface area (Å²) in [6, 6.07) is 9.35. The molecule has 4 fully saturated rings. The van der Waals surface area contributed by atoms with Crippen LogP contribution in [0.25, 0.3) is 0 Å². The molecule has 0 radical (unpaired) electrons. The van der Waals surface area contributed by atoms with Gasteiger partial charge in [-0.25, -0.2) is 4.79 Å². The van der Waals surface area contributed by atoms with Crippen LogP contribution in [-0.2, 0) is 16.2 Å². The summed E-state index contributed by atoms with van der Waals surface area (Å²) in [6.07, 6.45) is 2.98. The van der Waals surface area contributed by atoms with Gasteiger partial charge in [0.1, 0.15) is 0 Å². The first-order valence-corrected chi connectivity index (χ1v) is 9.17. The second kappa shape index (κ2) is 6.70. The van der Waals surface area contributed by atoms with Crippen molar-refractivity contribution in [3.63, 3.8) is 0 Å². The number of hydrogen-bond donors (Lipinski definition) is 2.